The molecule has 0 spiro atoms. The van der Waals surface area contributed by atoms with Gasteiger partial charge in [-0.1, -0.05) is 6.07 Å². The maximum absolute atomic E-state index is 9.83. The number of hydrogen-bond donors (Lipinski definition) is 2. The summed E-state index contributed by atoms with van der Waals surface area (Å²) in [5.74, 6) is 1.01. The molecule has 3 aromatic rings. The van der Waals surface area contributed by atoms with Crippen molar-refractivity contribution in [2.24, 2.45) is 0 Å². The first kappa shape index (κ1) is 11.5. The lowest BCUT2D eigenvalue weighted by Crippen LogP contribution is -1.94. The van der Waals surface area contributed by atoms with Crippen LogP contribution < -0.4 is 4.74 Å². The zero-order chi connectivity index (χ0) is 13.2. The summed E-state index contributed by atoms with van der Waals surface area (Å²) < 4.78 is 10.9. The number of phenols is 2. The molecule has 0 atom stereocenters. The fourth-order valence-corrected chi connectivity index (χ4v) is 1.94. The van der Waals surface area contributed by atoms with E-state index in [1.807, 2.05) is 0 Å². The molecule has 3 rings (SSSR count). The van der Waals surface area contributed by atoms with E-state index in [1.165, 1.54) is 0 Å². The van der Waals surface area contributed by atoms with Crippen LogP contribution in [0.1, 0.15) is 5.56 Å². The van der Waals surface area contributed by atoms with Crippen molar-refractivity contribution in [1.82, 2.24) is 0 Å². The number of ether oxygens (including phenoxy) is 1. The molecule has 96 valence electrons. The fraction of sp³-hybridized carbons (Fsp3) is 0.0667. The molecule has 0 amide bonds. The monoisotopic (exact) mass is 256 g/mol. The van der Waals surface area contributed by atoms with E-state index in [1.54, 1.807) is 48.7 Å². The summed E-state index contributed by atoms with van der Waals surface area (Å²) in [6, 6.07) is 11.6. The zero-order valence-corrected chi connectivity index (χ0v) is 10.0. The van der Waals surface area contributed by atoms with Crippen molar-refractivity contribution >= 4 is 11.0 Å². The lowest BCUT2D eigenvalue weighted by atomic mass is 10.1. The van der Waals surface area contributed by atoms with Gasteiger partial charge in [0.1, 0.15) is 29.4 Å². The first-order valence-corrected chi connectivity index (χ1v) is 5.84. The van der Waals surface area contributed by atoms with E-state index in [4.69, 9.17) is 9.15 Å². The van der Waals surface area contributed by atoms with Crippen LogP contribution in [0.15, 0.2) is 53.1 Å². The van der Waals surface area contributed by atoms with Gasteiger partial charge in [-0.2, -0.15) is 0 Å². The highest BCUT2D eigenvalue weighted by Gasteiger charge is 2.10. The second kappa shape index (κ2) is 4.57. The molecular formula is C15H12O4. The lowest BCUT2D eigenvalue weighted by molar-refractivity contribution is 0.305. The normalized spacial score (nSPS) is 10.7. The second-order valence-corrected chi connectivity index (χ2v) is 4.19. The highest BCUT2D eigenvalue weighted by molar-refractivity contribution is 5.87. The summed E-state index contributed by atoms with van der Waals surface area (Å²) in [4.78, 5) is 0. The Labute approximate surface area is 109 Å². The standard InChI is InChI=1S/C15H12O4/c16-11-4-6-12(7-5-11)18-8-10-9-19-14-3-1-2-13(17)15(10)14/h1-7,9,16-17H,8H2. The topological polar surface area (TPSA) is 62.8 Å². The molecule has 0 fully saturated rings. The summed E-state index contributed by atoms with van der Waals surface area (Å²) in [5, 5.41) is 19.7. The Morgan fingerprint density at radius 2 is 1.79 bits per heavy atom. The van der Waals surface area contributed by atoms with Gasteiger partial charge in [-0.25, -0.2) is 0 Å². The highest BCUT2D eigenvalue weighted by Crippen LogP contribution is 2.30. The molecule has 2 N–H and O–H groups in total. The van der Waals surface area contributed by atoms with Crippen LogP contribution in [0.2, 0.25) is 0 Å². The molecule has 0 saturated carbocycles. The Kier molecular flexibility index (Phi) is 2.76. The first-order valence-electron chi connectivity index (χ1n) is 5.84. The Morgan fingerprint density at radius 3 is 2.58 bits per heavy atom. The Balaban J connectivity index is 1.84. The molecule has 0 aliphatic heterocycles. The van der Waals surface area contributed by atoms with Crippen molar-refractivity contribution in [2.45, 2.75) is 6.61 Å². The lowest BCUT2D eigenvalue weighted by Gasteiger charge is -2.05. The average molecular weight is 256 g/mol. The predicted molar refractivity (Wildman–Crippen MR) is 70.3 cm³/mol. The largest absolute Gasteiger partial charge is 0.508 e. The highest BCUT2D eigenvalue weighted by atomic mass is 16.5. The summed E-state index contributed by atoms with van der Waals surface area (Å²) in [6.07, 6.45) is 1.57. The van der Waals surface area contributed by atoms with Crippen LogP contribution in [0.3, 0.4) is 0 Å². The molecule has 0 aliphatic carbocycles. The van der Waals surface area contributed by atoms with Gasteiger partial charge in [0.25, 0.3) is 0 Å². The van der Waals surface area contributed by atoms with E-state index in [2.05, 4.69) is 0 Å². The summed E-state index contributed by atoms with van der Waals surface area (Å²) in [6.45, 7) is 0.287. The van der Waals surface area contributed by atoms with E-state index in [0.29, 0.717) is 16.7 Å². The van der Waals surface area contributed by atoms with Crippen LogP contribution >= 0.6 is 0 Å². The number of rotatable bonds is 3. The molecule has 0 radical (unpaired) electrons. The minimum Gasteiger partial charge on any atom is -0.508 e. The van der Waals surface area contributed by atoms with E-state index >= 15 is 0 Å². The third-order valence-electron chi connectivity index (χ3n) is 2.88. The molecular weight excluding hydrogens is 244 g/mol. The quantitative estimate of drug-likeness (QED) is 0.753. The molecule has 1 heterocycles. The van der Waals surface area contributed by atoms with Gasteiger partial charge in [0, 0.05) is 5.56 Å². The maximum atomic E-state index is 9.83. The zero-order valence-electron chi connectivity index (χ0n) is 10.0. The summed E-state index contributed by atoms with van der Waals surface area (Å²) >= 11 is 0. The van der Waals surface area contributed by atoms with Crippen molar-refractivity contribution in [3.8, 4) is 17.2 Å². The average Bonchev–Trinajstić information content (AvgIpc) is 2.83. The second-order valence-electron chi connectivity index (χ2n) is 4.19. The van der Waals surface area contributed by atoms with Gasteiger partial charge in [-0.05, 0) is 36.4 Å². The molecule has 4 heteroatoms. The van der Waals surface area contributed by atoms with Gasteiger partial charge in [0.05, 0.1) is 11.6 Å². The Morgan fingerprint density at radius 1 is 1.00 bits per heavy atom. The van der Waals surface area contributed by atoms with Crippen LogP contribution in [0.25, 0.3) is 11.0 Å². The van der Waals surface area contributed by atoms with Crippen molar-refractivity contribution in [3.63, 3.8) is 0 Å². The van der Waals surface area contributed by atoms with E-state index in [0.717, 1.165) is 5.56 Å². The molecule has 4 nitrogen and oxygen atoms in total. The number of aromatic hydroxyl groups is 2. The van der Waals surface area contributed by atoms with Crippen molar-refractivity contribution in [3.05, 3.63) is 54.3 Å². The van der Waals surface area contributed by atoms with Crippen molar-refractivity contribution < 1.29 is 19.4 Å². The van der Waals surface area contributed by atoms with Gasteiger partial charge in [0.15, 0.2) is 0 Å². The molecule has 2 aromatic carbocycles. The van der Waals surface area contributed by atoms with Crippen LogP contribution in [-0.4, -0.2) is 10.2 Å². The SMILES string of the molecule is Oc1ccc(OCc2coc3cccc(O)c23)cc1. The van der Waals surface area contributed by atoms with E-state index in [9.17, 15) is 10.2 Å². The number of hydrogen-bond acceptors (Lipinski definition) is 4. The first-order chi connectivity index (χ1) is 9.24. The molecule has 19 heavy (non-hydrogen) atoms. The third kappa shape index (κ3) is 2.20. The Hall–Kier alpha value is -2.62. The van der Waals surface area contributed by atoms with Gasteiger partial charge in [-0.15, -0.1) is 0 Å². The molecule has 1 aromatic heterocycles. The minimum absolute atomic E-state index is 0.176. The van der Waals surface area contributed by atoms with Gasteiger partial charge >= 0.3 is 0 Å². The minimum atomic E-state index is 0.176. The predicted octanol–water partition coefficient (Wildman–Crippen LogP) is 3.42. The molecule has 0 aliphatic rings. The number of phenolic OH excluding ortho intramolecular Hbond substituents is 2. The van der Waals surface area contributed by atoms with Gasteiger partial charge < -0.3 is 19.4 Å². The van der Waals surface area contributed by atoms with Crippen LogP contribution in [0.4, 0.5) is 0 Å². The third-order valence-corrected chi connectivity index (χ3v) is 2.88. The van der Waals surface area contributed by atoms with Crippen molar-refractivity contribution in [1.29, 1.82) is 0 Å². The van der Waals surface area contributed by atoms with E-state index in [-0.39, 0.29) is 18.1 Å². The van der Waals surface area contributed by atoms with Crippen LogP contribution in [0.5, 0.6) is 17.2 Å². The fourth-order valence-electron chi connectivity index (χ4n) is 1.94. The summed E-state index contributed by atoms with van der Waals surface area (Å²) in [7, 11) is 0. The number of furan rings is 1. The van der Waals surface area contributed by atoms with E-state index < -0.39 is 0 Å². The molecule has 0 unspecified atom stereocenters. The van der Waals surface area contributed by atoms with Gasteiger partial charge in [-0.3, -0.25) is 0 Å². The summed E-state index contributed by atoms with van der Waals surface area (Å²) in [5.41, 5.74) is 1.41. The molecule has 0 saturated heterocycles. The Bertz CT molecular complexity index is 698. The smallest absolute Gasteiger partial charge is 0.138 e. The maximum Gasteiger partial charge on any atom is 0.138 e. The van der Waals surface area contributed by atoms with Gasteiger partial charge in [0.2, 0.25) is 0 Å². The number of benzene rings is 2. The number of fused-ring (bicyclic) bond motifs is 1. The van der Waals surface area contributed by atoms with Crippen LogP contribution in [0, 0.1) is 0 Å². The van der Waals surface area contributed by atoms with Crippen molar-refractivity contribution in [2.75, 3.05) is 0 Å². The molecule has 0 bridgehead atoms. The van der Waals surface area contributed by atoms with Crippen LogP contribution in [-0.2, 0) is 6.61 Å².